The molecule has 7 heteroatoms. The van der Waals surface area contributed by atoms with Gasteiger partial charge in [0.05, 0.1) is 0 Å². The highest BCUT2D eigenvalue weighted by Gasteiger charge is 2.27. The maximum absolute atomic E-state index is 13.4. The van der Waals surface area contributed by atoms with Crippen LogP contribution in [0.3, 0.4) is 0 Å². The van der Waals surface area contributed by atoms with E-state index in [1.165, 1.54) is 6.07 Å². The molecule has 1 aliphatic carbocycles. The third-order valence-electron chi connectivity index (χ3n) is 3.29. The van der Waals surface area contributed by atoms with Gasteiger partial charge in [-0.1, -0.05) is 0 Å². The van der Waals surface area contributed by atoms with E-state index in [0.29, 0.717) is 19.0 Å². The fourth-order valence-corrected chi connectivity index (χ4v) is 2.90. The van der Waals surface area contributed by atoms with Crippen molar-refractivity contribution in [1.82, 2.24) is 4.90 Å². The molecule has 0 atom stereocenters. The van der Waals surface area contributed by atoms with Crippen LogP contribution in [0.5, 0.6) is 0 Å². The lowest BCUT2D eigenvalue weighted by Gasteiger charge is -2.21. The predicted molar refractivity (Wildman–Crippen MR) is 73.7 cm³/mol. The molecule has 0 radical (unpaired) electrons. The van der Waals surface area contributed by atoms with Crippen molar-refractivity contribution >= 4 is 25.6 Å². The van der Waals surface area contributed by atoms with Crippen molar-refractivity contribution in [1.29, 1.82) is 0 Å². The third kappa shape index (κ3) is 3.49. The van der Waals surface area contributed by atoms with Crippen LogP contribution in [0.25, 0.3) is 0 Å². The maximum atomic E-state index is 13.4. The molecular weight excluding hydrogens is 305 g/mol. The minimum Gasteiger partial charge on any atom is -0.339 e. The van der Waals surface area contributed by atoms with Crippen LogP contribution in [-0.2, 0) is 9.05 Å². The number of nitrogens with zero attached hydrogens (tertiary/aromatic N) is 1. The van der Waals surface area contributed by atoms with E-state index in [1.807, 2.05) is 6.92 Å². The van der Waals surface area contributed by atoms with Crippen molar-refractivity contribution in [2.24, 2.45) is 5.92 Å². The molecule has 20 heavy (non-hydrogen) atoms. The monoisotopic (exact) mass is 319 g/mol. The van der Waals surface area contributed by atoms with Crippen molar-refractivity contribution < 1.29 is 17.6 Å². The highest BCUT2D eigenvalue weighted by Crippen LogP contribution is 2.30. The van der Waals surface area contributed by atoms with Crippen molar-refractivity contribution in [2.75, 3.05) is 13.1 Å². The first-order valence-electron chi connectivity index (χ1n) is 6.36. The van der Waals surface area contributed by atoms with Crippen LogP contribution in [0, 0.1) is 11.7 Å². The molecule has 1 amide bonds. The minimum absolute atomic E-state index is 0.133. The molecule has 0 saturated heterocycles. The topological polar surface area (TPSA) is 54.5 Å². The summed E-state index contributed by atoms with van der Waals surface area (Å²) in [4.78, 5) is 13.3. The zero-order valence-electron chi connectivity index (χ0n) is 11.0. The number of benzene rings is 1. The summed E-state index contributed by atoms with van der Waals surface area (Å²) in [6.45, 7) is 3.02. The van der Waals surface area contributed by atoms with Gasteiger partial charge in [0.1, 0.15) is 10.7 Å². The van der Waals surface area contributed by atoms with Gasteiger partial charge in [0.2, 0.25) is 0 Å². The molecule has 0 N–H and O–H groups in total. The summed E-state index contributed by atoms with van der Waals surface area (Å²) in [7, 11) is 0.949. The summed E-state index contributed by atoms with van der Waals surface area (Å²) in [5.41, 5.74) is 0.133. The smallest absolute Gasteiger partial charge is 0.264 e. The molecule has 4 nitrogen and oxygen atoms in total. The normalized spacial score (nSPS) is 15.2. The molecule has 1 saturated carbocycles. The number of amides is 1. The van der Waals surface area contributed by atoms with Crippen molar-refractivity contribution in [3.8, 4) is 0 Å². The van der Waals surface area contributed by atoms with Gasteiger partial charge in [-0.25, -0.2) is 12.8 Å². The molecule has 110 valence electrons. The highest BCUT2D eigenvalue weighted by atomic mass is 35.7. The van der Waals surface area contributed by atoms with E-state index in [9.17, 15) is 17.6 Å². The summed E-state index contributed by atoms with van der Waals surface area (Å²) in [5.74, 6) is -0.738. The number of rotatable bonds is 5. The van der Waals surface area contributed by atoms with E-state index in [1.54, 1.807) is 4.90 Å². The Kier molecular flexibility index (Phi) is 4.34. The fraction of sp³-hybridized carbons (Fsp3) is 0.462. The summed E-state index contributed by atoms with van der Waals surface area (Å²) in [6.07, 6.45) is 2.21. The zero-order chi connectivity index (χ0) is 14.9. The molecule has 1 aromatic carbocycles. The van der Waals surface area contributed by atoms with E-state index in [-0.39, 0.29) is 11.5 Å². The van der Waals surface area contributed by atoms with Crippen LogP contribution in [0.1, 0.15) is 30.1 Å². The van der Waals surface area contributed by atoms with Crippen molar-refractivity contribution in [2.45, 2.75) is 24.7 Å². The van der Waals surface area contributed by atoms with E-state index in [0.717, 1.165) is 25.0 Å². The molecule has 1 aliphatic rings. The fourth-order valence-electron chi connectivity index (χ4n) is 1.97. The molecule has 1 fully saturated rings. The van der Waals surface area contributed by atoms with E-state index < -0.39 is 19.8 Å². The van der Waals surface area contributed by atoms with Crippen LogP contribution in [0.2, 0.25) is 0 Å². The summed E-state index contributed by atoms with van der Waals surface area (Å²) in [5, 5.41) is 0. The Balaban J connectivity index is 2.29. The number of halogens is 2. The quantitative estimate of drug-likeness (QED) is 0.784. The van der Waals surface area contributed by atoms with Gasteiger partial charge in [-0.05, 0) is 43.9 Å². The lowest BCUT2D eigenvalue weighted by molar-refractivity contribution is 0.0756. The molecule has 0 aromatic heterocycles. The Bertz CT molecular complexity index is 629. The van der Waals surface area contributed by atoms with Crippen LogP contribution < -0.4 is 0 Å². The average molecular weight is 320 g/mol. The van der Waals surface area contributed by atoms with Gasteiger partial charge in [-0.2, -0.15) is 0 Å². The van der Waals surface area contributed by atoms with Crippen LogP contribution >= 0.6 is 10.7 Å². The van der Waals surface area contributed by atoms with Gasteiger partial charge < -0.3 is 4.90 Å². The minimum atomic E-state index is -4.21. The first kappa shape index (κ1) is 15.3. The molecule has 0 heterocycles. The second-order valence-corrected chi connectivity index (χ2v) is 7.40. The van der Waals surface area contributed by atoms with Gasteiger partial charge in [-0.15, -0.1) is 0 Å². The number of carbonyl (C=O) groups is 1. The molecule has 1 aromatic rings. The van der Waals surface area contributed by atoms with Crippen LogP contribution in [0.4, 0.5) is 4.39 Å². The van der Waals surface area contributed by atoms with Crippen LogP contribution in [0.15, 0.2) is 23.1 Å². The Morgan fingerprint density at radius 1 is 1.45 bits per heavy atom. The van der Waals surface area contributed by atoms with Gasteiger partial charge in [0.25, 0.3) is 15.0 Å². The third-order valence-corrected chi connectivity index (χ3v) is 4.62. The predicted octanol–water partition coefficient (Wildman–Crippen LogP) is 2.63. The first-order chi connectivity index (χ1) is 9.32. The molecule has 0 aliphatic heterocycles. The Morgan fingerprint density at radius 2 is 2.10 bits per heavy atom. The molecule has 2 rings (SSSR count). The Labute approximate surface area is 121 Å². The zero-order valence-corrected chi connectivity index (χ0v) is 12.5. The van der Waals surface area contributed by atoms with Crippen molar-refractivity contribution in [3.05, 3.63) is 29.6 Å². The largest absolute Gasteiger partial charge is 0.339 e. The second kappa shape index (κ2) is 5.69. The Hall–Kier alpha value is -1.14. The first-order valence-corrected chi connectivity index (χ1v) is 8.67. The SMILES string of the molecule is CCN(CC1CC1)C(=O)c1ccc(F)c(S(=O)(=O)Cl)c1. The lowest BCUT2D eigenvalue weighted by atomic mass is 10.2. The van der Waals surface area contributed by atoms with Gasteiger partial charge in [0.15, 0.2) is 0 Å². The number of hydrogen-bond acceptors (Lipinski definition) is 3. The van der Waals surface area contributed by atoms with E-state index in [2.05, 4.69) is 0 Å². The molecule has 0 bridgehead atoms. The van der Waals surface area contributed by atoms with Crippen LogP contribution in [-0.4, -0.2) is 32.3 Å². The molecule has 0 spiro atoms. The second-order valence-electron chi connectivity index (χ2n) is 4.87. The maximum Gasteiger partial charge on any atom is 0.264 e. The lowest BCUT2D eigenvalue weighted by Crippen LogP contribution is -2.32. The Morgan fingerprint density at radius 3 is 2.60 bits per heavy atom. The number of carbonyl (C=O) groups excluding carboxylic acids is 1. The summed E-state index contributed by atoms with van der Waals surface area (Å²) >= 11 is 0. The van der Waals surface area contributed by atoms with Gasteiger partial charge >= 0.3 is 0 Å². The summed E-state index contributed by atoms with van der Waals surface area (Å²) in [6, 6.07) is 3.22. The van der Waals surface area contributed by atoms with E-state index in [4.69, 9.17) is 10.7 Å². The average Bonchev–Trinajstić information content (AvgIpc) is 3.18. The molecule has 0 unspecified atom stereocenters. The standard InChI is InChI=1S/C13H15ClFNO3S/c1-2-16(8-9-3-4-9)13(17)10-5-6-11(15)12(7-10)20(14,18)19/h5-7,9H,2-4,8H2,1H3. The molecular formula is C13H15ClFNO3S. The number of hydrogen-bond donors (Lipinski definition) is 0. The van der Waals surface area contributed by atoms with E-state index >= 15 is 0 Å². The van der Waals surface area contributed by atoms with Crippen molar-refractivity contribution in [3.63, 3.8) is 0 Å². The van der Waals surface area contributed by atoms with Gasteiger partial charge in [-0.3, -0.25) is 4.79 Å². The summed E-state index contributed by atoms with van der Waals surface area (Å²) < 4.78 is 36.0. The van der Waals surface area contributed by atoms with Gasteiger partial charge in [0, 0.05) is 29.3 Å². The highest BCUT2D eigenvalue weighted by molar-refractivity contribution is 8.13.